The minimum atomic E-state index is -0.340. The van der Waals surface area contributed by atoms with Crippen LogP contribution in [0, 0.1) is 5.82 Å². The third-order valence-electron chi connectivity index (χ3n) is 1.84. The molecule has 0 saturated heterocycles. The first-order chi connectivity index (χ1) is 5.83. The van der Waals surface area contributed by atoms with Crippen LogP contribution >= 0.6 is 0 Å². The van der Waals surface area contributed by atoms with Crippen molar-refractivity contribution in [3.63, 3.8) is 0 Å². The van der Waals surface area contributed by atoms with Crippen molar-refractivity contribution < 1.29 is 9.13 Å². The van der Waals surface area contributed by atoms with Crippen molar-refractivity contribution in [2.45, 2.75) is 0 Å². The summed E-state index contributed by atoms with van der Waals surface area (Å²) in [6, 6.07) is 4.98. The summed E-state index contributed by atoms with van der Waals surface area (Å²) in [5.74, 6) is -0.0649. The van der Waals surface area contributed by atoms with Gasteiger partial charge in [0.05, 0.1) is 12.6 Å². The van der Waals surface area contributed by atoms with E-state index in [2.05, 4.69) is 4.98 Å². The van der Waals surface area contributed by atoms with Crippen molar-refractivity contribution in [2.24, 2.45) is 0 Å². The molecule has 1 aromatic carbocycles. The molecule has 0 spiro atoms. The van der Waals surface area contributed by atoms with Crippen LogP contribution in [-0.2, 0) is 0 Å². The molecular formula is C9H8FNO. The topological polar surface area (TPSA) is 25.0 Å². The lowest BCUT2D eigenvalue weighted by atomic mass is 10.2. The maximum absolute atomic E-state index is 13.1. The second-order valence-corrected chi connectivity index (χ2v) is 2.52. The van der Waals surface area contributed by atoms with Crippen molar-refractivity contribution in [1.82, 2.24) is 4.98 Å². The van der Waals surface area contributed by atoms with E-state index >= 15 is 0 Å². The summed E-state index contributed by atoms with van der Waals surface area (Å²) in [5, 5.41) is 0.952. The summed E-state index contributed by atoms with van der Waals surface area (Å²) in [5.41, 5.74) is 0.706. The number of halogens is 1. The van der Waals surface area contributed by atoms with E-state index in [0.29, 0.717) is 5.52 Å². The average Bonchev–Trinajstić information content (AvgIpc) is 2.52. The number of nitrogens with one attached hydrogen (secondary N) is 1. The molecular weight excluding hydrogens is 157 g/mol. The molecule has 0 amide bonds. The fraction of sp³-hybridized carbons (Fsp3) is 0.111. The van der Waals surface area contributed by atoms with Gasteiger partial charge < -0.3 is 9.72 Å². The Morgan fingerprint density at radius 3 is 2.92 bits per heavy atom. The molecule has 0 unspecified atom stereocenters. The highest BCUT2D eigenvalue weighted by Crippen LogP contribution is 2.26. The molecule has 0 atom stereocenters. The Balaban J connectivity index is 2.83. The fourth-order valence-electron chi connectivity index (χ4n) is 1.27. The van der Waals surface area contributed by atoms with E-state index in [-0.39, 0.29) is 11.6 Å². The summed E-state index contributed by atoms with van der Waals surface area (Å²) in [6.45, 7) is 0. The zero-order valence-electron chi connectivity index (χ0n) is 6.60. The number of hydrogen-bond donors (Lipinski definition) is 1. The van der Waals surface area contributed by atoms with Gasteiger partial charge in [0, 0.05) is 11.6 Å². The lowest BCUT2D eigenvalue weighted by Gasteiger charge is -2.01. The van der Waals surface area contributed by atoms with Crippen LogP contribution in [0.15, 0.2) is 24.4 Å². The Morgan fingerprint density at radius 2 is 2.17 bits per heavy atom. The highest BCUT2D eigenvalue weighted by atomic mass is 19.1. The van der Waals surface area contributed by atoms with Gasteiger partial charge in [0.15, 0.2) is 11.6 Å². The summed E-state index contributed by atoms with van der Waals surface area (Å²) >= 11 is 0. The van der Waals surface area contributed by atoms with Crippen molar-refractivity contribution in [1.29, 1.82) is 0 Å². The number of fused-ring (bicyclic) bond motifs is 1. The highest BCUT2D eigenvalue weighted by Gasteiger charge is 2.07. The Kier molecular flexibility index (Phi) is 1.50. The fourth-order valence-corrected chi connectivity index (χ4v) is 1.27. The number of methoxy groups -OCH3 is 1. The maximum Gasteiger partial charge on any atom is 0.178 e. The number of aromatic nitrogens is 1. The van der Waals surface area contributed by atoms with Crippen LogP contribution in [0.25, 0.3) is 10.9 Å². The zero-order chi connectivity index (χ0) is 8.55. The summed E-state index contributed by atoms with van der Waals surface area (Å²) in [7, 11) is 1.46. The molecule has 2 aromatic rings. The Morgan fingerprint density at radius 1 is 1.33 bits per heavy atom. The smallest absolute Gasteiger partial charge is 0.178 e. The van der Waals surface area contributed by atoms with E-state index in [4.69, 9.17) is 4.74 Å². The van der Waals surface area contributed by atoms with E-state index in [1.165, 1.54) is 13.2 Å². The number of benzene rings is 1. The minimum Gasteiger partial charge on any atom is -0.492 e. The Hall–Kier alpha value is -1.51. The normalized spacial score (nSPS) is 10.5. The molecule has 3 heteroatoms. The number of aromatic amines is 1. The Bertz CT molecular complexity index is 408. The first-order valence-corrected chi connectivity index (χ1v) is 3.62. The van der Waals surface area contributed by atoms with Crippen LogP contribution in [0.4, 0.5) is 4.39 Å². The zero-order valence-corrected chi connectivity index (χ0v) is 6.60. The molecule has 0 aliphatic heterocycles. The van der Waals surface area contributed by atoms with Gasteiger partial charge in [0.2, 0.25) is 0 Å². The third kappa shape index (κ3) is 0.863. The minimum absolute atomic E-state index is 0.275. The van der Waals surface area contributed by atoms with Crippen molar-refractivity contribution in [3.05, 3.63) is 30.2 Å². The van der Waals surface area contributed by atoms with Gasteiger partial charge in [-0.15, -0.1) is 0 Å². The van der Waals surface area contributed by atoms with Gasteiger partial charge in [-0.1, -0.05) is 0 Å². The molecule has 1 heterocycles. The van der Waals surface area contributed by atoms with Crippen molar-refractivity contribution >= 4 is 10.9 Å². The molecule has 0 bridgehead atoms. The molecule has 12 heavy (non-hydrogen) atoms. The Labute approximate surface area is 69.0 Å². The van der Waals surface area contributed by atoms with Gasteiger partial charge in [-0.2, -0.15) is 0 Å². The van der Waals surface area contributed by atoms with E-state index < -0.39 is 0 Å². The third-order valence-corrected chi connectivity index (χ3v) is 1.84. The second-order valence-electron chi connectivity index (χ2n) is 2.52. The number of hydrogen-bond acceptors (Lipinski definition) is 1. The van der Waals surface area contributed by atoms with E-state index in [9.17, 15) is 4.39 Å². The largest absolute Gasteiger partial charge is 0.492 e. The molecule has 0 fully saturated rings. The standard InChI is InChI=1S/C9H8FNO/c1-12-9-7(10)3-2-6-4-5-11-8(6)9/h2-5,11H,1H3. The molecule has 62 valence electrons. The highest BCUT2D eigenvalue weighted by molar-refractivity contribution is 5.85. The summed E-state index contributed by atoms with van der Waals surface area (Å²) < 4.78 is 18.0. The number of rotatable bonds is 1. The van der Waals surface area contributed by atoms with Gasteiger partial charge in [0.25, 0.3) is 0 Å². The molecule has 0 saturated carbocycles. The van der Waals surface area contributed by atoms with Crippen molar-refractivity contribution in [3.8, 4) is 5.75 Å². The predicted octanol–water partition coefficient (Wildman–Crippen LogP) is 2.32. The van der Waals surface area contributed by atoms with Crippen LogP contribution in [0.1, 0.15) is 0 Å². The number of ether oxygens (including phenoxy) is 1. The summed E-state index contributed by atoms with van der Waals surface area (Å²) in [6.07, 6.45) is 1.76. The molecule has 0 aliphatic rings. The SMILES string of the molecule is COc1c(F)ccc2cc[nH]c12. The van der Waals surface area contributed by atoms with Crippen LogP contribution < -0.4 is 4.74 Å². The molecule has 0 aliphatic carbocycles. The van der Waals surface area contributed by atoms with Gasteiger partial charge in [0.1, 0.15) is 0 Å². The monoisotopic (exact) mass is 165 g/mol. The molecule has 1 N–H and O–H groups in total. The summed E-state index contributed by atoms with van der Waals surface area (Å²) in [4.78, 5) is 2.91. The molecule has 2 rings (SSSR count). The van der Waals surface area contributed by atoms with E-state index in [0.717, 1.165) is 5.39 Å². The lowest BCUT2D eigenvalue weighted by Crippen LogP contribution is -1.88. The predicted molar refractivity (Wildman–Crippen MR) is 44.8 cm³/mol. The first kappa shape index (κ1) is 7.16. The molecule has 2 nitrogen and oxygen atoms in total. The molecule has 1 aromatic heterocycles. The van der Waals surface area contributed by atoms with Gasteiger partial charge >= 0.3 is 0 Å². The van der Waals surface area contributed by atoms with Gasteiger partial charge in [-0.25, -0.2) is 4.39 Å². The van der Waals surface area contributed by atoms with E-state index in [1.807, 2.05) is 6.07 Å². The quantitative estimate of drug-likeness (QED) is 0.689. The van der Waals surface area contributed by atoms with Crippen LogP contribution in [0.5, 0.6) is 5.75 Å². The van der Waals surface area contributed by atoms with Crippen LogP contribution in [0.3, 0.4) is 0 Å². The van der Waals surface area contributed by atoms with Gasteiger partial charge in [-0.05, 0) is 18.2 Å². The van der Waals surface area contributed by atoms with Gasteiger partial charge in [-0.3, -0.25) is 0 Å². The number of H-pyrrole nitrogens is 1. The van der Waals surface area contributed by atoms with Crippen LogP contribution in [-0.4, -0.2) is 12.1 Å². The molecule has 0 radical (unpaired) electrons. The average molecular weight is 165 g/mol. The van der Waals surface area contributed by atoms with E-state index in [1.54, 1.807) is 12.3 Å². The lowest BCUT2D eigenvalue weighted by molar-refractivity contribution is 0.391. The maximum atomic E-state index is 13.1. The second kappa shape index (κ2) is 2.52. The van der Waals surface area contributed by atoms with Crippen LogP contribution in [0.2, 0.25) is 0 Å². The van der Waals surface area contributed by atoms with Crippen molar-refractivity contribution in [2.75, 3.05) is 7.11 Å². The first-order valence-electron chi connectivity index (χ1n) is 3.62.